The Morgan fingerprint density at radius 2 is 2.10 bits per heavy atom. The van der Waals surface area contributed by atoms with Gasteiger partial charge in [0, 0.05) is 22.7 Å². The zero-order chi connectivity index (χ0) is 14.7. The molecule has 1 aromatic heterocycles. The molecule has 2 rings (SSSR count). The van der Waals surface area contributed by atoms with Crippen molar-refractivity contribution in [2.24, 2.45) is 5.92 Å². The van der Waals surface area contributed by atoms with E-state index < -0.39 is 0 Å². The standard InChI is InChI=1S/C15H18ClNO2S/c1-9(2)11(7-8-18)17-15(19)14-13(16)10-5-3-4-6-12(10)20-14/h3-6,9,11,18H,7-8H2,1-2H3,(H,17,19). The van der Waals surface area contributed by atoms with Gasteiger partial charge in [0.1, 0.15) is 4.88 Å². The quantitative estimate of drug-likeness (QED) is 0.884. The molecule has 1 unspecified atom stereocenters. The van der Waals surface area contributed by atoms with Gasteiger partial charge in [0.2, 0.25) is 0 Å². The van der Waals surface area contributed by atoms with Gasteiger partial charge in [0.05, 0.1) is 5.02 Å². The molecule has 2 N–H and O–H groups in total. The predicted octanol–water partition coefficient (Wildman–Crippen LogP) is 3.69. The van der Waals surface area contributed by atoms with Crippen molar-refractivity contribution in [1.29, 1.82) is 0 Å². The minimum Gasteiger partial charge on any atom is -0.396 e. The van der Waals surface area contributed by atoms with Gasteiger partial charge in [0.15, 0.2) is 0 Å². The molecule has 0 saturated heterocycles. The summed E-state index contributed by atoms with van der Waals surface area (Å²) in [5.41, 5.74) is 0. The van der Waals surface area contributed by atoms with Gasteiger partial charge in [-0.1, -0.05) is 43.6 Å². The number of carbonyl (C=O) groups is 1. The molecule has 0 aliphatic carbocycles. The van der Waals surface area contributed by atoms with Gasteiger partial charge in [0.25, 0.3) is 5.91 Å². The summed E-state index contributed by atoms with van der Waals surface area (Å²) in [5.74, 6) is 0.0996. The third-order valence-electron chi connectivity index (χ3n) is 3.30. The zero-order valence-corrected chi connectivity index (χ0v) is 13.1. The second kappa shape index (κ2) is 6.57. The lowest BCUT2D eigenvalue weighted by Crippen LogP contribution is -2.38. The first-order valence-electron chi connectivity index (χ1n) is 6.63. The maximum Gasteiger partial charge on any atom is 0.263 e. The Morgan fingerprint density at radius 3 is 2.70 bits per heavy atom. The van der Waals surface area contributed by atoms with E-state index in [-0.39, 0.29) is 24.5 Å². The third kappa shape index (κ3) is 3.14. The SMILES string of the molecule is CC(C)C(CCO)NC(=O)c1sc2ccccc2c1Cl. The minimum atomic E-state index is -0.164. The van der Waals surface area contributed by atoms with Gasteiger partial charge in [-0.15, -0.1) is 11.3 Å². The van der Waals surface area contributed by atoms with Gasteiger partial charge < -0.3 is 10.4 Å². The van der Waals surface area contributed by atoms with Gasteiger partial charge in [-0.25, -0.2) is 0 Å². The average molecular weight is 312 g/mol. The monoisotopic (exact) mass is 311 g/mol. The van der Waals surface area contributed by atoms with Crippen molar-refractivity contribution in [2.45, 2.75) is 26.3 Å². The summed E-state index contributed by atoms with van der Waals surface area (Å²) < 4.78 is 1.01. The van der Waals surface area contributed by atoms with E-state index in [0.29, 0.717) is 16.3 Å². The molecular formula is C15H18ClNO2S. The number of benzene rings is 1. The maximum atomic E-state index is 12.4. The Kier molecular flexibility index (Phi) is 5.02. The van der Waals surface area contributed by atoms with Crippen LogP contribution in [0.4, 0.5) is 0 Å². The second-order valence-corrected chi connectivity index (χ2v) is 6.51. The lowest BCUT2D eigenvalue weighted by atomic mass is 10.0. The smallest absolute Gasteiger partial charge is 0.263 e. The summed E-state index contributed by atoms with van der Waals surface area (Å²) in [6, 6.07) is 7.66. The van der Waals surface area contributed by atoms with E-state index in [1.165, 1.54) is 11.3 Å². The number of carbonyl (C=O) groups excluding carboxylic acids is 1. The van der Waals surface area contributed by atoms with Crippen molar-refractivity contribution in [1.82, 2.24) is 5.32 Å². The van der Waals surface area contributed by atoms with Crippen LogP contribution in [0.5, 0.6) is 0 Å². The van der Waals surface area contributed by atoms with Gasteiger partial charge in [-0.05, 0) is 18.4 Å². The van der Waals surface area contributed by atoms with Crippen LogP contribution in [0.25, 0.3) is 10.1 Å². The lowest BCUT2D eigenvalue weighted by Gasteiger charge is -2.21. The van der Waals surface area contributed by atoms with Crippen LogP contribution in [0.1, 0.15) is 29.9 Å². The van der Waals surface area contributed by atoms with Crippen LogP contribution in [-0.4, -0.2) is 23.7 Å². The summed E-state index contributed by atoms with van der Waals surface area (Å²) in [5, 5.41) is 13.4. The first kappa shape index (κ1) is 15.3. The molecule has 3 nitrogen and oxygen atoms in total. The summed E-state index contributed by atoms with van der Waals surface area (Å²) in [4.78, 5) is 12.9. The fraction of sp³-hybridized carbons (Fsp3) is 0.400. The lowest BCUT2D eigenvalue weighted by molar-refractivity contribution is 0.0921. The molecule has 108 valence electrons. The first-order valence-corrected chi connectivity index (χ1v) is 7.82. The molecule has 2 aromatic rings. The topological polar surface area (TPSA) is 49.3 Å². The molecule has 1 atom stereocenters. The van der Waals surface area contributed by atoms with E-state index in [1.807, 2.05) is 38.1 Å². The minimum absolute atomic E-state index is 0.0474. The predicted molar refractivity (Wildman–Crippen MR) is 84.6 cm³/mol. The highest BCUT2D eigenvalue weighted by Gasteiger charge is 2.21. The number of rotatable bonds is 5. The van der Waals surface area contributed by atoms with Crippen molar-refractivity contribution in [3.8, 4) is 0 Å². The van der Waals surface area contributed by atoms with E-state index >= 15 is 0 Å². The molecule has 0 spiro atoms. The first-order chi connectivity index (χ1) is 9.54. The number of hydrogen-bond acceptors (Lipinski definition) is 3. The highest BCUT2D eigenvalue weighted by atomic mass is 35.5. The number of nitrogens with one attached hydrogen (secondary N) is 1. The number of fused-ring (bicyclic) bond motifs is 1. The molecule has 1 heterocycles. The normalized spacial score (nSPS) is 12.8. The Morgan fingerprint density at radius 1 is 1.40 bits per heavy atom. The Balaban J connectivity index is 2.24. The highest BCUT2D eigenvalue weighted by Crippen LogP contribution is 2.35. The fourth-order valence-electron chi connectivity index (χ4n) is 2.11. The maximum absolute atomic E-state index is 12.4. The van der Waals surface area contributed by atoms with E-state index in [9.17, 15) is 4.79 Å². The summed E-state index contributed by atoms with van der Waals surface area (Å²) in [6.45, 7) is 4.10. The molecule has 0 bridgehead atoms. The van der Waals surface area contributed by atoms with Crippen molar-refractivity contribution in [3.63, 3.8) is 0 Å². The van der Waals surface area contributed by atoms with E-state index in [2.05, 4.69) is 5.32 Å². The van der Waals surface area contributed by atoms with Crippen molar-refractivity contribution in [2.75, 3.05) is 6.61 Å². The second-order valence-electron chi connectivity index (χ2n) is 5.08. The van der Waals surface area contributed by atoms with Crippen molar-refractivity contribution in [3.05, 3.63) is 34.2 Å². The molecule has 0 fully saturated rings. The van der Waals surface area contributed by atoms with Gasteiger partial charge >= 0.3 is 0 Å². The molecule has 1 amide bonds. The molecule has 0 aliphatic heterocycles. The van der Waals surface area contributed by atoms with Crippen LogP contribution in [0.15, 0.2) is 24.3 Å². The average Bonchev–Trinajstić information content (AvgIpc) is 2.76. The summed E-state index contributed by atoms with van der Waals surface area (Å²) in [7, 11) is 0. The van der Waals surface area contributed by atoms with Crippen LogP contribution in [-0.2, 0) is 0 Å². The molecule has 5 heteroatoms. The van der Waals surface area contributed by atoms with Crippen molar-refractivity contribution < 1.29 is 9.90 Å². The van der Waals surface area contributed by atoms with Crippen LogP contribution in [0.3, 0.4) is 0 Å². The van der Waals surface area contributed by atoms with Crippen molar-refractivity contribution >= 4 is 38.9 Å². The van der Waals surface area contributed by atoms with Crippen LogP contribution in [0.2, 0.25) is 5.02 Å². The summed E-state index contributed by atoms with van der Waals surface area (Å²) in [6.07, 6.45) is 0.548. The van der Waals surface area contributed by atoms with Gasteiger partial charge in [-0.2, -0.15) is 0 Å². The molecular weight excluding hydrogens is 294 g/mol. The van der Waals surface area contributed by atoms with Gasteiger partial charge in [-0.3, -0.25) is 4.79 Å². The number of amides is 1. The van der Waals surface area contributed by atoms with E-state index in [4.69, 9.17) is 16.7 Å². The number of hydrogen-bond donors (Lipinski definition) is 2. The highest BCUT2D eigenvalue weighted by molar-refractivity contribution is 7.21. The van der Waals surface area contributed by atoms with Crippen LogP contribution in [0, 0.1) is 5.92 Å². The van der Waals surface area contributed by atoms with Crippen LogP contribution < -0.4 is 5.32 Å². The number of thiophene rings is 1. The van der Waals surface area contributed by atoms with E-state index in [1.54, 1.807) is 0 Å². The molecule has 0 saturated carbocycles. The Hall–Kier alpha value is -1.10. The van der Waals surface area contributed by atoms with E-state index in [0.717, 1.165) is 10.1 Å². The third-order valence-corrected chi connectivity index (χ3v) is 4.98. The number of aliphatic hydroxyl groups is 1. The molecule has 1 aromatic carbocycles. The zero-order valence-electron chi connectivity index (χ0n) is 11.5. The fourth-order valence-corrected chi connectivity index (χ4v) is 3.53. The Bertz CT molecular complexity index is 609. The summed E-state index contributed by atoms with van der Waals surface area (Å²) >= 11 is 7.69. The Labute approximate surface area is 127 Å². The molecule has 20 heavy (non-hydrogen) atoms. The molecule has 0 aliphatic rings. The molecule has 0 radical (unpaired) electrons. The largest absolute Gasteiger partial charge is 0.396 e. The van der Waals surface area contributed by atoms with Crippen LogP contribution >= 0.6 is 22.9 Å². The number of halogens is 1. The number of aliphatic hydroxyl groups excluding tert-OH is 1.